The number of ether oxygens (including phenoxy) is 1. The summed E-state index contributed by atoms with van der Waals surface area (Å²) in [7, 11) is 0. The van der Waals surface area contributed by atoms with Crippen molar-refractivity contribution in [2.24, 2.45) is 0 Å². The van der Waals surface area contributed by atoms with Crippen LogP contribution in [0.15, 0.2) is 36.8 Å². The van der Waals surface area contributed by atoms with E-state index in [9.17, 15) is 9.18 Å². The van der Waals surface area contributed by atoms with Crippen LogP contribution in [0.1, 0.15) is 13.8 Å². The summed E-state index contributed by atoms with van der Waals surface area (Å²) in [5.41, 5.74) is 7.26. The lowest BCUT2D eigenvalue weighted by Gasteiger charge is -2.09. The minimum Gasteiger partial charge on any atom is -0.447 e. The smallest absolute Gasteiger partial charge is 0.411 e. The van der Waals surface area contributed by atoms with Gasteiger partial charge in [0.1, 0.15) is 5.82 Å². The van der Waals surface area contributed by atoms with Gasteiger partial charge in [0.25, 0.3) is 0 Å². The third kappa shape index (κ3) is 3.27. The number of imidazole rings is 1. The molecule has 0 saturated heterocycles. The number of amides is 1. The first-order valence-electron chi connectivity index (χ1n) is 7.30. The molecule has 0 spiro atoms. The molecule has 24 heavy (non-hydrogen) atoms. The van der Waals surface area contributed by atoms with Crippen molar-refractivity contribution < 1.29 is 13.9 Å². The normalized spacial score (nSPS) is 11.0. The van der Waals surface area contributed by atoms with Gasteiger partial charge in [-0.15, -0.1) is 0 Å². The Hall–Kier alpha value is -3.16. The van der Waals surface area contributed by atoms with Gasteiger partial charge in [-0.05, 0) is 32.0 Å². The summed E-state index contributed by atoms with van der Waals surface area (Å²) in [5, 5.41) is 2.57. The van der Waals surface area contributed by atoms with Crippen LogP contribution in [0.3, 0.4) is 0 Å². The Morgan fingerprint density at radius 2 is 2.17 bits per heavy atom. The highest BCUT2D eigenvalue weighted by atomic mass is 19.1. The number of halogens is 1. The number of fused-ring (bicyclic) bond motifs is 1. The topological polar surface area (TPSA) is 94.5 Å². The third-order valence-electron chi connectivity index (χ3n) is 3.17. The van der Waals surface area contributed by atoms with Gasteiger partial charge in [0.05, 0.1) is 23.7 Å². The fourth-order valence-electron chi connectivity index (χ4n) is 2.18. The van der Waals surface area contributed by atoms with Crippen LogP contribution in [0.5, 0.6) is 0 Å². The molecule has 7 nitrogen and oxygen atoms in total. The molecule has 0 aliphatic rings. The maximum Gasteiger partial charge on any atom is 0.411 e. The predicted octanol–water partition coefficient (Wildman–Crippen LogP) is 3.07. The van der Waals surface area contributed by atoms with Crippen molar-refractivity contribution in [2.45, 2.75) is 20.0 Å². The van der Waals surface area contributed by atoms with Crippen LogP contribution in [-0.4, -0.2) is 26.6 Å². The summed E-state index contributed by atoms with van der Waals surface area (Å²) in [6, 6.07) is 4.28. The number of nitrogen functional groups attached to an aromatic ring is 1. The number of aromatic nitrogens is 3. The highest BCUT2D eigenvalue weighted by Gasteiger charge is 2.12. The van der Waals surface area contributed by atoms with Crippen LogP contribution in [0.2, 0.25) is 0 Å². The Morgan fingerprint density at radius 1 is 1.38 bits per heavy atom. The second-order valence-corrected chi connectivity index (χ2v) is 5.49. The molecule has 0 atom stereocenters. The van der Waals surface area contributed by atoms with Crippen LogP contribution in [0.25, 0.3) is 17.0 Å². The lowest BCUT2D eigenvalue weighted by molar-refractivity contribution is 0.130. The van der Waals surface area contributed by atoms with Crippen LogP contribution >= 0.6 is 0 Å². The van der Waals surface area contributed by atoms with Gasteiger partial charge in [-0.2, -0.15) is 0 Å². The Kier molecular flexibility index (Phi) is 4.03. The summed E-state index contributed by atoms with van der Waals surface area (Å²) < 4.78 is 20.5. The van der Waals surface area contributed by atoms with E-state index in [4.69, 9.17) is 10.5 Å². The van der Waals surface area contributed by atoms with E-state index in [0.29, 0.717) is 22.8 Å². The summed E-state index contributed by atoms with van der Waals surface area (Å²) >= 11 is 0. The summed E-state index contributed by atoms with van der Waals surface area (Å²) in [6.45, 7) is 3.51. The largest absolute Gasteiger partial charge is 0.447 e. The Labute approximate surface area is 137 Å². The van der Waals surface area contributed by atoms with Crippen molar-refractivity contribution >= 4 is 23.2 Å². The molecule has 0 fully saturated rings. The molecule has 3 aromatic rings. The van der Waals surface area contributed by atoms with E-state index in [-0.39, 0.29) is 11.7 Å². The van der Waals surface area contributed by atoms with Gasteiger partial charge in [-0.25, -0.2) is 19.2 Å². The zero-order valence-corrected chi connectivity index (χ0v) is 13.2. The molecule has 0 saturated carbocycles. The van der Waals surface area contributed by atoms with Gasteiger partial charge >= 0.3 is 6.09 Å². The number of hydrogen-bond acceptors (Lipinski definition) is 5. The molecule has 3 rings (SSSR count). The zero-order chi connectivity index (χ0) is 17.3. The highest BCUT2D eigenvalue weighted by molar-refractivity contribution is 5.84. The molecule has 2 heterocycles. The number of carbonyl (C=O) groups excluding carboxylic acids is 1. The molecule has 1 amide bonds. The molecule has 0 bridgehead atoms. The second-order valence-electron chi connectivity index (χ2n) is 5.49. The highest BCUT2D eigenvalue weighted by Crippen LogP contribution is 2.24. The van der Waals surface area contributed by atoms with Gasteiger partial charge in [0.15, 0.2) is 0 Å². The molecule has 0 unspecified atom stereocenters. The molecule has 3 N–H and O–H groups in total. The van der Waals surface area contributed by atoms with Gasteiger partial charge in [-0.1, -0.05) is 0 Å². The number of nitrogens with one attached hydrogen (secondary N) is 1. The molecule has 8 heteroatoms. The van der Waals surface area contributed by atoms with Gasteiger partial charge in [0, 0.05) is 23.6 Å². The molecule has 0 radical (unpaired) electrons. The van der Waals surface area contributed by atoms with E-state index in [0.717, 1.165) is 0 Å². The Balaban J connectivity index is 1.92. The monoisotopic (exact) mass is 329 g/mol. The van der Waals surface area contributed by atoms with Crippen LogP contribution in [0.4, 0.5) is 20.6 Å². The predicted molar refractivity (Wildman–Crippen MR) is 88.0 cm³/mol. The molecular weight excluding hydrogens is 313 g/mol. The molecule has 0 aliphatic heterocycles. The number of anilines is 2. The molecular formula is C16H16FN5O2. The number of nitrogens with zero attached hydrogens (tertiary/aromatic N) is 3. The van der Waals surface area contributed by atoms with E-state index in [1.165, 1.54) is 24.4 Å². The second kappa shape index (κ2) is 6.15. The maximum absolute atomic E-state index is 14.0. The van der Waals surface area contributed by atoms with Crippen LogP contribution in [-0.2, 0) is 4.74 Å². The lowest BCUT2D eigenvalue weighted by atomic mass is 10.1. The molecule has 1 aromatic carbocycles. The minimum atomic E-state index is -0.576. The number of nitrogens with two attached hydrogens (primary N) is 1. The fourth-order valence-corrected chi connectivity index (χ4v) is 2.18. The van der Waals surface area contributed by atoms with Crippen molar-refractivity contribution in [2.75, 3.05) is 11.1 Å². The van der Waals surface area contributed by atoms with Crippen LogP contribution < -0.4 is 11.1 Å². The number of rotatable bonds is 3. The summed E-state index contributed by atoms with van der Waals surface area (Å²) in [6.07, 6.45) is 3.87. The van der Waals surface area contributed by atoms with Crippen molar-refractivity contribution in [3.63, 3.8) is 0 Å². The van der Waals surface area contributed by atoms with Crippen molar-refractivity contribution in [1.82, 2.24) is 14.4 Å². The summed E-state index contributed by atoms with van der Waals surface area (Å²) in [5.74, 6) is -0.0546. The first-order valence-corrected chi connectivity index (χ1v) is 7.30. The van der Waals surface area contributed by atoms with E-state index in [2.05, 4.69) is 15.3 Å². The third-order valence-corrected chi connectivity index (χ3v) is 3.17. The fraction of sp³-hybridized carbons (Fsp3) is 0.188. The van der Waals surface area contributed by atoms with Gasteiger partial charge in [-0.3, -0.25) is 9.72 Å². The van der Waals surface area contributed by atoms with E-state index < -0.39 is 11.9 Å². The Bertz CT molecular complexity index is 907. The maximum atomic E-state index is 14.0. The standard InChI is InChI=1S/C16H16FN5O2/c1-9(2)24-16(23)20-11-6-19-15-21-14(8-22(15)7-11)12-5-10(18)3-4-13(12)17/h3-9H,18H2,1-2H3,(H,20,23). The first kappa shape index (κ1) is 15.7. The quantitative estimate of drug-likeness (QED) is 0.720. The van der Waals surface area contributed by atoms with E-state index >= 15 is 0 Å². The van der Waals surface area contributed by atoms with E-state index in [1.54, 1.807) is 30.6 Å². The molecule has 2 aromatic heterocycles. The average molecular weight is 329 g/mol. The Morgan fingerprint density at radius 3 is 2.92 bits per heavy atom. The summed E-state index contributed by atoms with van der Waals surface area (Å²) in [4.78, 5) is 20.0. The lowest BCUT2D eigenvalue weighted by Crippen LogP contribution is -2.18. The zero-order valence-electron chi connectivity index (χ0n) is 13.2. The van der Waals surface area contributed by atoms with Crippen molar-refractivity contribution in [3.05, 3.63) is 42.6 Å². The van der Waals surface area contributed by atoms with Crippen molar-refractivity contribution in [3.8, 4) is 11.3 Å². The van der Waals surface area contributed by atoms with Gasteiger partial charge in [0.2, 0.25) is 5.78 Å². The first-order chi connectivity index (χ1) is 11.4. The number of benzene rings is 1. The average Bonchev–Trinajstić information content (AvgIpc) is 2.91. The number of carbonyl (C=O) groups is 1. The van der Waals surface area contributed by atoms with Gasteiger partial charge < -0.3 is 10.5 Å². The van der Waals surface area contributed by atoms with Crippen molar-refractivity contribution in [1.29, 1.82) is 0 Å². The minimum absolute atomic E-state index is 0.229. The molecule has 0 aliphatic carbocycles. The van der Waals surface area contributed by atoms with Crippen LogP contribution in [0, 0.1) is 5.82 Å². The van der Waals surface area contributed by atoms with E-state index in [1.807, 2.05) is 0 Å². The number of hydrogen-bond donors (Lipinski definition) is 2. The molecule has 124 valence electrons. The SMILES string of the molecule is CC(C)OC(=O)Nc1cnc2nc(-c3cc(N)ccc3F)cn2c1.